The number of thiophene rings is 1. The molecule has 1 aromatic rings. The SMILES string of the molecule is Cc1sc(C(=O)NCCNC2CCCCCC2)cc1[N+](=O)[O-]. The number of amides is 1. The van der Waals surface area contributed by atoms with Crippen molar-refractivity contribution in [3.8, 4) is 0 Å². The molecule has 1 aromatic heterocycles. The van der Waals surface area contributed by atoms with Gasteiger partial charge in [-0.3, -0.25) is 14.9 Å². The van der Waals surface area contributed by atoms with E-state index in [9.17, 15) is 14.9 Å². The Hall–Kier alpha value is -1.47. The van der Waals surface area contributed by atoms with Gasteiger partial charge >= 0.3 is 0 Å². The molecule has 0 atom stereocenters. The minimum Gasteiger partial charge on any atom is -0.350 e. The van der Waals surface area contributed by atoms with Crippen molar-refractivity contribution in [3.05, 3.63) is 25.9 Å². The number of hydrogen-bond acceptors (Lipinski definition) is 5. The number of rotatable bonds is 6. The second kappa shape index (κ2) is 8.24. The van der Waals surface area contributed by atoms with Gasteiger partial charge in [0.2, 0.25) is 0 Å². The van der Waals surface area contributed by atoms with Crippen LogP contribution >= 0.6 is 11.3 Å². The highest BCUT2D eigenvalue weighted by Gasteiger charge is 2.19. The Morgan fingerprint density at radius 1 is 1.32 bits per heavy atom. The first kappa shape index (κ1) is 16.9. The number of hydrogen-bond donors (Lipinski definition) is 2. The monoisotopic (exact) mass is 325 g/mol. The van der Waals surface area contributed by atoms with Crippen LogP contribution in [0.25, 0.3) is 0 Å². The zero-order chi connectivity index (χ0) is 15.9. The molecule has 1 fully saturated rings. The molecule has 1 aliphatic carbocycles. The van der Waals surface area contributed by atoms with Gasteiger partial charge in [-0.05, 0) is 19.8 Å². The Balaban J connectivity index is 1.73. The third-order valence-corrected chi connectivity index (χ3v) is 5.05. The van der Waals surface area contributed by atoms with E-state index in [-0.39, 0.29) is 11.6 Å². The van der Waals surface area contributed by atoms with Crippen LogP contribution in [0.5, 0.6) is 0 Å². The van der Waals surface area contributed by atoms with Crippen LogP contribution < -0.4 is 10.6 Å². The third-order valence-electron chi connectivity index (χ3n) is 4.01. The molecule has 2 N–H and O–H groups in total. The summed E-state index contributed by atoms with van der Waals surface area (Å²) in [5.74, 6) is -0.233. The molecule has 2 rings (SSSR count). The van der Waals surface area contributed by atoms with E-state index in [1.54, 1.807) is 6.92 Å². The summed E-state index contributed by atoms with van der Waals surface area (Å²) in [5.41, 5.74) is 0.0201. The summed E-state index contributed by atoms with van der Waals surface area (Å²) in [5, 5.41) is 17.1. The molecule has 122 valence electrons. The second-order valence-electron chi connectivity index (χ2n) is 5.71. The Morgan fingerprint density at radius 3 is 2.59 bits per heavy atom. The van der Waals surface area contributed by atoms with Crippen molar-refractivity contribution >= 4 is 22.9 Å². The van der Waals surface area contributed by atoms with Gasteiger partial charge in [-0.2, -0.15) is 0 Å². The molecule has 0 spiro atoms. The van der Waals surface area contributed by atoms with E-state index in [1.807, 2.05) is 0 Å². The van der Waals surface area contributed by atoms with Crippen LogP contribution in [-0.2, 0) is 0 Å². The molecule has 0 aliphatic heterocycles. The number of nitro groups is 1. The van der Waals surface area contributed by atoms with Gasteiger partial charge in [0, 0.05) is 25.2 Å². The summed E-state index contributed by atoms with van der Waals surface area (Å²) < 4.78 is 0. The summed E-state index contributed by atoms with van der Waals surface area (Å²) in [4.78, 5) is 23.3. The van der Waals surface area contributed by atoms with Gasteiger partial charge < -0.3 is 10.6 Å². The Bertz CT molecular complexity index is 522. The first-order valence-electron chi connectivity index (χ1n) is 7.84. The molecule has 6 nitrogen and oxygen atoms in total. The molecular formula is C15H23N3O3S. The van der Waals surface area contributed by atoms with Crippen molar-refractivity contribution < 1.29 is 9.72 Å². The first-order chi connectivity index (χ1) is 10.6. The fourth-order valence-corrected chi connectivity index (χ4v) is 3.69. The van der Waals surface area contributed by atoms with E-state index in [2.05, 4.69) is 10.6 Å². The quantitative estimate of drug-likeness (QED) is 0.364. The van der Waals surface area contributed by atoms with Gasteiger partial charge in [-0.25, -0.2) is 0 Å². The van der Waals surface area contributed by atoms with Crippen molar-refractivity contribution in [1.82, 2.24) is 10.6 Å². The lowest BCUT2D eigenvalue weighted by atomic mass is 10.1. The lowest BCUT2D eigenvalue weighted by Crippen LogP contribution is -2.36. The van der Waals surface area contributed by atoms with E-state index >= 15 is 0 Å². The van der Waals surface area contributed by atoms with Crippen LogP contribution in [0, 0.1) is 17.0 Å². The maximum absolute atomic E-state index is 12.0. The predicted molar refractivity (Wildman–Crippen MR) is 87.5 cm³/mol. The fraction of sp³-hybridized carbons (Fsp3) is 0.667. The van der Waals surface area contributed by atoms with E-state index in [4.69, 9.17) is 0 Å². The molecule has 0 unspecified atom stereocenters. The highest BCUT2D eigenvalue weighted by molar-refractivity contribution is 7.14. The minimum atomic E-state index is -0.448. The number of nitrogens with zero attached hydrogens (tertiary/aromatic N) is 1. The number of nitrogens with one attached hydrogen (secondary N) is 2. The normalized spacial score (nSPS) is 16.2. The lowest BCUT2D eigenvalue weighted by Gasteiger charge is -2.16. The summed E-state index contributed by atoms with van der Waals surface area (Å²) in [6.07, 6.45) is 7.63. The molecule has 1 heterocycles. The van der Waals surface area contributed by atoms with Crippen LogP contribution in [0.2, 0.25) is 0 Å². The van der Waals surface area contributed by atoms with Gasteiger partial charge in [0.1, 0.15) is 0 Å². The maximum atomic E-state index is 12.0. The van der Waals surface area contributed by atoms with E-state index < -0.39 is 4.92 Å². The molecule has 0 radical (unpaired) electrons. The molecule has 1 amide bonds. The van der Waals surface area contributed by atoms with Crippen LogP contribution in [-0.4, -0.2) is 30.0 Å². The van der Waals surface area contributed by atoms with Crippen molar-refractivity contribution in [2.45, 2.75) is 51.5 Å². The first-order valence-corrected chi connectivity index (χ1v) is 8.66. The minimum absolute atomic E-state index is 0.0201. The predicted octanol–water partition coefficient (Wildman–Crippen LogP) is 3.01. The second-order valence-corrected chi connectivity index (χ2v) is 6.96. The van der Waals surface area contributed by atoms with Crippen LogP contribution in [0.1, 0.15) is 53.1 Å². The summed E-state index contributed by atoms with van der Waals surface area (Å²) in [7, 11) is 0. The zero-order valence-electron chi connectivity index (χ0n) is 12.9. The Morgan fingerprint density at radius 2 is 2.00 bits per heavy atom. The van der Waals surface area contributed by atoms with Gasteiger partial charge in [-0.15, -0.1) is 11.3 Å². The van der Waals surface area contributed by atoms with Crippen LogP contribution in [0.15, 0.2) is 6.07 Å². The third kappa shape index (κ3) is 4.78. The van der Waals surface area contributed by atoms with Gasteiger partial charge in [-0.1, -0.05) is 25.7 Å². The zero-order valence-corrected chi connectivity index (χ0v) is 13.7. The summed E-state index contributed by atoms with van der Waals surface area (Å²) in [6, 6.07) is 1.91. The van der Waals surface area contributed by atoms with Crippen molar-refractivity contribution in [1.29, 1.82) is 0 Å². The van der Waals surface area contributed by atoms with E-state index in [0.29, 0.717) is 22.3 Å². The topological polar surface area (TPSA) is 84.3 Å². The molecule has 7 heteroatoms. The standard InChI is InChI=1S/C15H23N3O3S/c1-11-13(18(20)21)10-14(22-11)15(19)17-9-8-16-12-6-4-2-3-5-7-12/h10,12,16H,2-9H2,1H3,(H,17,19). The largest absolute Gasteiger partial charge is 0.350 e. The molecular weight excluding hydrogens is 302 g/mol. The molecule has 0 bridgehead atoms. The Labute approximate surface area is 134 Å². The molecule has 1 saturated carbocycles. The van der Waals surface area contributed by atoms with Gasteiger partial charge in [0.25, 0.3) is 11.6 Å². The molecule has 1 aliphatic rings. The van der Waals surface area contributed by atoms with Crippen molar-refractivity contribution in [2.75, 3.05) is 13.1 Å². The Kier molecular flexibility index (Phi) is 6.33. The van der Waals surface area contributed by atoms with Crippen LogP contribution in [0.3, 0.4) is 0 Å². The number of aryl methyl sites for hydroxylation is 1. The highest BCUT2D eigenvalue weighted by Crippen LogP contribution is 2.27. The van der Waals surface area contributed by atoms with E-state index in [0.717, 1.165) is 6.54 Å². The highest BCUT2D eigenvalue weighted by atomic mass is 32.1. The lowest BCUT2D eigenvalue weighted by molar-refractivity contribution is -0.385. The average Bonchev–Trinajstić information content (AvgIpc) is 2.71. The average molecular weight is 325 g/mol. The fourth-order valence-electron chi connectivity index (χ4n) is 2.79. The smallest absolute Gasteiger partial charge is 0.283 e. The van der Waals surface area contributed by atoms with Crippen molar-refractivity contribution in [2.24, 2.45) is 0 Å². The van der Waals surface area contributed by atoms with Crippen molar-refractivity contribution in [3.63, 3.8) is 0 Å². The number of carbonyl (C=O) groups excluding carboxylic acids is 1. The maximum Gasteiger partial charge on any atom is 0.283 e. The van der Waals surface area contributed by atoms with Gasteiger partial charge in [0.15, 0.2) is 0 Å². The van der Waals surface area contributed by atoms with Gasteiger partial charge in [0.05, 0.1) is 14.7 Å². The summed E-state index contributed by atoms with van der Waals surface area (Å²) >= 11 is 1.17. The van der Waals surface area contributed by atoms with Crippen LogP contribution in [0.4, 0.5) is 5.69 Å². The van der Waals surface area contributed by atoms with E-state index in [1.165, 1.54) is 55.9 Å². The summed E-state index contributed by atoms with van der Waals surface area (Å²) in [6.45, 7) is 2.94. The molecule has 0 saturated heterocycles. The molecule has 0 aromatic carbocycles. The number of carbonyl (C=O) groups is 1. The molecule has 22 heavy (non-hydrogen) atoms.